The molecule has 2 aliphatic heterocycles. The van der Waals surface area contributed by atoms with E-state index in [4.69, 9.17) is 11.6 Å². The molecule has 0 spiro atoms. The van der Waals surface area contributed by atoms with Gasteiger partial charge >= 0.3 is 0 Å². The lowest BCUT2D eigenvalue weighted by molar-refractivity contribution is -0.127. The number of anilines is 1. The summed E-state index contributed by atoms with van der Waals surface area (Å²) in [4.78, 5) is 15.8. The van der Waals surface area contributed by atoms with E-state index in [-0.39, 0.29) is 5.91 Å². The third-order valence-corrected chi connectivity index (χ3v) is 5.22. The molecule has 0 bridgehead atoms. The highest BCUT2D eigenvalue weighted by atomic mass is 35.5. The van der Waals surface area contributed by atoms with Crippen LogP contribution < -0.4 is 5.32 Å². The van der Waals surface area contributed by atoms with Crippen LogP contribution in [0.15, 0.2) is 30.4 Å². The van der Waals surface area contributed by atoms with E-state index in [1.807, 2.05) is 30.0 Å². The summed E-state index contributed by atoms with van der Waals surface area (Å²) in [6.45, 7) is 9.31. The second-order valence-electron chi connectivity index (χ2n) is 6.46. The number of piperazine rings is 1. The Morgan fingerprint density at radius 1 is 1.40 bits per heavy atom. The summed E-state index contributed by atoms with van der Waals surface area (Å²) in [5.74, 6) is -0.0110. The fourth-order valence-corrected chi connectivity index (χ4v) is 3.54. The number of benzene rings is 1. The molecule has 134 valence electrons. The number of nitrogens with zero attached hydrogens (tertiary/aromatic N) is 2. The quantitative estimate of drug-likeness (QED) is 0.810. The Balaban J connectivity index is 1.71. The number of amides is 1. The van der Waals surface area contributed by atoms with Crippen LogP contribution in [0, 0.1) is 0 Å². The van der Waals surface area contributed by atoms with Crippen LogP contribution in [-0.2, 0) is 11.3 Å². The van der Waals surface area contributed by atoms with Gasteiger partial charge in [0.25, 0.3) is 0 Å². The Bertz CT molecular complexity index is 709. The topological polar surface area (TPSA) is 55.8 Å². The van der Waals surface area contributed by atoms with E-state index in [0.29, 0.717) is 13.1 Å². The third kappa shape index (κ3) is 3.89. The van der Waals surface area contributed by atoms with Crippen molar-refractivity contribution in [1.29, 1.82) is 0 Å². The fraction of sp³-hybridized carbons (Fsp3) is 0.421. The van der Waals surface area contributed by atoms with Gasteiger partial charge < -0.3 is 15.3 Å². The zero-order chi connectivity index (χ0) is 18.0. The molecule has 25 heavy (non-hydrogen) atoms. The number of rotatable bonds is 4. The first kappa shape index (κ1) is 18.0. The first-order valence-electron chi connectivity index (χ1n) is 8.63. The molecule has 1 aromatic carbocycles. The molecule has 1 unspecified atom stereocenters. The van der Waals surface area contributed by atoms with Crippen LogP contribution in [0.4, 0.5) is 5.69 Å². The largest absolute Gasteiger partial charge is 0.370 e. The lowest BCUT2D eigenvalue weighted by Gasteiger charge is -2.34. The fourth-order valence-electron chi connectivity index (χ4n) is 3.31. The van der Waals surface area contributed by atoms with Gasteiger partial charge in [-0.2, -0.15) is 0 Å². The van der Waals surface area contributed by atoms with E-state index in [9.17, 15) is 9.90 Å². The van der Waals surface area contributed by atoms with Crippen LogP contribution in [-0.4, -0.2) is 53.2 Å². The lowest BCUT2D eigenvalue weighted by atomic mass is 9.99. The van der Waals surface area contributed by atoms with Crippen molar-refractivity contribution in [1.82, 2.24) is 9.80 Å². The van der Waals surface area contributed by atoms with Crippen LogP contribution >= 0.6 is 11.6 Å². The summed E-state index contributed by atoms with van der Waals surface area (Å²) in [6, 6.07) is 3.98. The Kier molecular flexibility index (Phi) is 5.47. The summed E-state index contributed by atoms with van der Waals surface area (Å²) in [5.41, 5.74) is 3.90. The molecule has 6 heteroatoms. The van der Waals surface area contributed by atoms with Gasteiger partial charge in [0.2, 0.25) is 5.91 Å². The Labute approximate surface area is 153 Å². The van der Waals surface area contributed by atoms with Gasteiger partial charge in [0.1, 0.15) is 6.23 Å². The molecule has 1 atom stereocenters. The predicted octanol–water partition coefficient (Wildman–Crippen LogP) is 2.71. The second-order valence-corrected chi connectivity index (χ2v) is 6.86. The van der Waals surface area contributed by atoms with Gasteiger partial charge in [0.05, 0.1) is 0 Å². The number of hydrogen-bond donors (Lipinski definition) is 2. The number of nitrogens with one attached hydrogen (secondary N) is 1. The lowest BCUT2D eigenvalue weighted by Crippen LogP contribution is -2.47. The molecular weight excluding hydrogens is 338 g/mol. The Morgan fingerprint density at radius 3 is 2.76 bits per heavy atom. The van der Waals surface area contributed by atoms with Crippen molar-refractivity contribution in [3.63, 3.8) is 0 Å². The summed E-state index contributed by atoms with van der Waals surface area (Å²) in [5, 5.41) is 14.0. The van der Waals surface area contributed by atoms with Gasteiger partial charge in [-0.05, 0) is 47.4 Å². The van der Waals surface area contributed by atoms with Gasteiger partial charge in [-0.15, -0.1) is 0 Å². The molecule has 1 aromatic rings. The molecular formula is C19H24ClN3O2. The molecule has 0 radical (unpaired) electrons. The molecule has 1 fully saturated rings. The maximum absolute atomic E-state index is 11.7. The molecule has 0 saturated carbocycles. The number of aliphatic hydroxyl groups is 1. The average Bonchev–Trinajstić information content (AvgIpc) is 2.62. The van der Waals surface area contributed by atoms with Gasteiger partial charge in [0.15, 0.2) is 0 Å². The van der Waals surface area contributed by atoms with Crippen molar-refractivity contribution in [3.05, 3.63) is 46.5 Å². The van der Waals surface area contributed by atoms with Gasteiger partial charge in [-0.1, -0.05) is 25.1 Å². The number of aliphatic hydroxyl groups excluding tert-OH is 1. The highest BCUT2D eigenvalue weighted by Gasteiger charge is 2.22. The first-order chi connectivity index (χ1) is 12.0. The maximum Gasteiger partial charge on any atom is 0.246 e. The predicted molar refractivity (Wildman–Crippen MR) is 101 cm³/mol. The second kappa shape index (κ2) is 7.60. The standard InChI is InChI=1S/C19H24ClN3O2/c1-3-13-9-14-10-16(20)15(11-17(14)21-19(13)25)12-22-5-7-23(8-6-22)18(24)4-2/h4,9-11,19,21,25H,2-3,5-8,12H2,1H3. The van der Waals surface area contributed by atoms with Crippen LogP contribution in [0.25, 0.3) is 6.08 Å². The zero-order valence-corrected chi connectivity index (χ0v) is 15.2. The minimum Gasteiger partial charge on any atom is -0.370 e. The van der Waals surface area contributed by atoms with E-state index in [0.717, 1.165) is 53.5 Å². The van der Waals surface area contributed by atoms with Crippen LogP contribution in [0.5, 0.6) is 0 Å². The highest BCUT2D eigenvalue weighted by Crippen LogP contribution is 2.33. The summed E-state index contributed by atoms with van der Waals surface area (Å²) in [7, 11) is 0. The average molecular weight is 362 g/mol. The minimum absolute atomic E-state index is 0.0110. The molecule has 0 aliphatic carbocycles. The van der Waals surface area contributed by atoms with Crippen LogP contribution in [0.3, 0.4) is 0 Å². The smallest absolute Gasteiger partial charge is 0.246 e. The number of halogens is 1. The molecule has 2 aliphatic rings. The van der Waals surface area contributed by atoms with E-state index < -0.39 is 6.23 Å². The van der Waals surface area contributed by atoms with Crippen LogP contribution in [0.1, 0.15) is 24.5 Å². The maximum atomic E-state index is 11.7. The van der Waals surface area contributed by atoms with Crippen molar-refractivity contribution in [3.8, 4) is 0 Å². The third-order valence-electron chi connectivity index (χ3n) is 4.86. The van der Waals surface area contributed by atoms with E-state index in [1.54, 1.807) is 0 Å². The number of carbonyl (C=O) groups excluding carboxylic acids is 1. The zero-order valence-electron chi connectivity index (χ0n) is 14.5. The first-order valence-corrected chi connectivity index (χ1v) is 9.00. The SMILES string of the molecule is C=CC(=O)N1CCN(Cc2cc3c(cc2Cl)C=C(CC)C(O)N3)CC1. The van der Waals surface area contributed by atoms with E-state index >= 15 is 0 Å². The van der Waals surface area contributed by atoms with E-state index in [1.165, 1.54) is 6.08 Å². The number of fused-ring (bicyclic) bond motifs is 1. The van der Waals surface area contributed by atoms with Gasteiger partial charge in [-0.25, -0.2) is 0 Å². The Morgan fingerprint density at radius 2 is 2.12 bits per heavy atom. The number of carbonyl (C=O) groups is 1. The molecule has 0 aromatic heterocycles. The molecule has 2 heterocycles. The highest BCUT2D eigenvalue weighted by molar-refractivity contribution is 6.31. The van der Waals surface area contributed by atoms with Gasteiger partial charge in [-0.3, -0.25) is 9.69 Å². The minimum atomic E-state index is -0.639. The van der Waals surface area contributed by atoms with Crippen molar-refractivity contribution in [2.45, 2.75) is 26.1 Å². The number of hydrogen-bond acceptors (Lipinski definition) is 4. The Hall–Kier alpha value is -1.82. The summed E-state index contributed by atoms with van der Waals surface area (Å²) >= 11 is 6.49. The summed E-state index contributed by atoms with van der Waals surface area (Å²) in [6.07, 6.45) is 3.53. The molecule has 1 saturated heterocycles. The van der Waals surface area contributed by atoms with E-state index in [2.05, 4.69) is 16.8 Å². The van der Waals surface area contributed by atoms with Gasteiger partial charge in [0, 0.05) is 43.4 Å². The summed E-state index contributed by atoms with van der Waals surface area (Å²) < 4.78 is 0. The molecule has 3 rings (SSSR count). The van der Waals surface area contributed by atoms with Crippen LogP contribution in [0.2, 0.25) is 5.02 Å². The van der Waals surface area contributed by atoms with Crippen molar-refractivity contribution in [2.75, 3.05) is 31.5 Å². The van der Waals surface area contributed by atoms with Crippen molar-refractivity contribution < 1.29 is 9.90 Å². The molecule has 2 N–H and O–H groups in total. The molecule has 1 amide bonds. The van der Waals surface area contributed by atoms with Crippen molar-refractivity contribution >= 4 is 29.3 Å². The molecule has 5 nitrogen and oxygen atoms in total. The monoisotopic (exact) mass is 361 g/mol. The van der Waals surface area contributed by atoms with Crippen molar-refractivity contribution in [2.24, 2.45) is 0 Å². The normalized spacial score (nSPS) is 20.5.